The fourth-order valence-electron chi connectivity index (χ4n) is 0.659. The van der Waals surface area contributed by atoms with Gasteiger partial charge in [0.25, 0.3) is 0 Å². The first kappa shape index (κ1) is 10.3. The van der Waals surface area contributed by atoms with Gasteiger partial charge in [-0.25, -0.2) is 0 Å². The molecule has 0 bridgehead atoms. The van der Waals surface area contributed by atoms with Gasteiger partial charge in [-0.1, -0.05) is 0 Å². The van der Waals surface area contributed by atoms with Crippen molar-refractivity contribution in [2.24, 2.45) is 0 Å². The Hall–Kier alpha value is -0.710. The predicted molar refractivity (Wildman–Crippen MR) is 46.8 cm³/mol. The molecule has 3 nitrogen and oxygen atoms in total. The van der Waals surface area contributed by atoms with Crippen LogP contribution in [-0.2, 0) is 11.2 Å². The smallest absolute Gasteiger partial charge is 0.152 e. The number of hydrogen-bond acceptors (Lipinski definition) is 2. The lowest BCUT2D eigenvalue weighted by Gasteiger charge is -2.02. The van der Waals surface area contributed by atoms with Crippen molar-refractivity contribution in [1.29, 1.82) is 0 Å². The second kappa shape index (κ2) is 4.23. The van der Waals surface area contributed by atoms with Crippen LogP contribution in [0.25, 0.3) is 0 Å². The Labute approximate surface area is 68.7 Å². The van der Waals surface area contributed by atoms with Gasteiger partial charge in [-0.3, -0.25) is 0 Å². The summed E-state index contributed by atoms with van der Waals surface area (Å²) in [6, 6.07) is 7.03. The lowest BCUT2D eigenvalue weighted by Crippen LogP contribution is -1.96. The molecule has 1 unspecified atom stereocenters. The van der Waals surface area contributed by atoms with E-state index < -0.39 is 11.2 Å². The lowest BCUT2D eigenvalue weighted by atomic mass is 10.3. The van der Waals surface area contributed by atoms with Gasteiger partial charge in [0.05, 0.1) is 0 Å². The van der Waals surface area contributed by atoms with Crippen molar-refractivity contribution in [3.8, 4) is 0 Å². The Balaban J connectivity index is 0.000001000. The highest BCUT2D eigenvalue weighted by Gasteiger charge is 2.00. The third-order valence-electron chi connectivity index (χ3n) is 1.21. The molecule has 4 N–H and O–H groups in total. The van der Waals surface area contributed by atoms with Crippen molar-refractivity contribution in [2.75, 3.05) is 12.0 Å². The zero-order chi connectivity index (χ0) is 7.56. The van der Waals surface area contributed by atoms with Gasteiger partial charge < -0.3 is 15.8 Å². The fourth-order valence-corrected chi connectivity index (χ4v) is 1.18. The summed E-state index contributed by atoms with van der Waals surface area (Å²) in [5, 5.41) is 0. The van der Waals surface area contributed by atoms with Crippen LogP contribution in [0.15, 0.2) is 29.2 Å². The summed E-state index contributed by atoms with van der Waals surface area (Å²) in [5.41, 5.74) is 6.13. The second-order valence-electron chi connectivity index (χ2n) is 2.02. The normalized spacial score (nSPS) is 11.8. The highest BCUT2D eigenvalue weighted by molar-refractivity contribution is 7.90. The highest BCUT2D eigenvalue weighted by Crippen LogP contribution is 2.10. The average Bonchev–Trinajstić information content (AvgIpc) is 1.88. The number of benzene rings is 1. The molecule has 0 aromatic heterocycles. The van der Waals surface area contributed by atoms with Crippen molar-refractivity contribution in [2.45, 2.75) is 4.90 Å². The molecule has 0 fully saturated rings. The number of anilines is 1. The Bertz CT molecular complexity index is 210. The quantitative estimate of drug-likeness (QED) is 0.485. The maximum absolute atomic E-state index is 10.8. The summed E-state index contributed by atoms with van der Waals surface area (Å²) < 4.78 is 10.8. The molecule has 62 valence electrons. The van der Waals surface area contributed by atoms with E-state index in [2.05, 4.69) is 0 Å². The molecule has 0 aliphatic heterocycles. The van der Waals surface area contributed by atoms with Gasteiger partial charge >= 0.3 is 0 Å². The van der Waals surface area contributed by atoms with E-state index in [0.717, 1.165) is 4.90 Å². The summed E-state index contributed by atoms with van der Waals surface area (Å²) in [6.07, 6.45) is 1.64. The molecule has 0 amide bonds. The fraction of sp³-hybridized carbons (Fsp3) is 0.143. The van der Waals surface area contributed by atoms with Crippen LogP contribution in [0.5, 0.6) is 0 Å². The van der Waals surface area contributed by atoms with Crippen LogP contribution in [0.1, 0.15) is 0 Å². The molecule has 1 atom stereocenters. The van der Waals surface area contributed by atoms with E-state index in [9.17, 15) is 4.55 Å². The minimum atomic E-state index is -0.893. The molecule has 1 aromatic carbocycles. The van der Waals surface area contributed by atoms with Gasteiger partial charge in [-0.15, -0.1) is 0 Å². The van der Waals surface area contributed by atoms with E-state index in [1.807, 2.05) is 0 Å². The van der Waals surface area contributed by atoms with Crippen LogP contribution in [0, 0.1) is 0 Å². The van der Waals surface area contributed by atoms with E-state index in [0.29, 0.717) is 5.69 Å². The number of rotatable bonds is 1. The third-order valence-corrected chi connectivity index (χ3v) is 2.15. The van der Waals surface area contributed by atoms with Crippen molar-refractivity contribution in [3.05, 3.63) is 24.3 Å². The summed E-state index contributed by atoms with van der Waals surface area (Å²) >= 11 is -0.893. The average molecular weight is 173 g/mol. The second-order valence-corrected chi connectivity index (χ2v) is 3.40. The van der Waals surface area contributed by atoms with Gasteiger partial charge in [0.2, 0.25) is 0 Å². The Morgan fingerprint density at radius 2 is 1.73 bits per heavy atom. The molecular weight excluding hydrogens is 162 g/mol. The van der Waals surface area contributed by atoms with Gasteiger partial charge in [0, 0.05) is 5.69 Å². The minimum absolute atomic E-state index is 0. The van der Waals surface area contributed by atoms with E-state index in [4.69, 9.17) is 5.73 Å². The first-order chi connectivity index (χ1) is 4.70. The Morgan fingerprint density at radius 3 is 2.09 bits per heavy atom. The number of hydrogen-bond donors (Lipinski definition) is 1. The molecular formula is C7H11NO2S. The molecule has 0 saturated heterocycles. The summed E-state index contributed by atoms with van der Waals surface area (Å²) in [7, 11) is 0. The maximum Gasteiger partial charge on any atom is 0.152 e. The van der Waals surface area contributed by atoms with Crippen molar-refractivity contribution in [1.82, 2.24) is 0 Å². The van der Waals surface area contributed by atoms with E-state index in [1.54, 1.807) is 30.5 Å². The standard InChI is InChI=1S/C7H9NOS.H2O/c1-10(9)7-4-2-6(8)3-5-7;/h2-5H,8H2,1H3;1H2. The van der Waals surface area contributed by atoms with Gasteiger partial charge in [-0.2, -0.15) is 0 Å². The van der Waals surface area contributed by atoms with Crippen LogP contribution in [-0.4, -0.2) is 16.3 Å². The molecule has 1 aromatic rings. The first-order valence-corrected chi connectivity index (χ1v) is 4.45. The Kier molecular flexibility index (Phi) is 3.95. The van der Waals surface area contributed by atoms with E-state index >= 15 is 0 Å². The maximum atomic E-state index is 10.8. The number of nitrogens with two attached hydrogens (primary N) is 1. The largest absolute Gasteiger partial charge is 0.612 e. The summed E-state index contributed by atoms with van der Waals surface area (Å²) in [6.45, 7) is 0. The monoisotopic (exact) mass is 173 g/mol. The molecule has 0 spiro atoms. The van der Waals surface area contributed by atoms with Gasteiger partial charge in [-0.05, 0) is 35.4 Å². The van der Waals surface area contributed by atoms with Crippen molar-refractivity contribution < 1.29 is 10.0 Å². The summed E-state index contributed by atoms with van der Waals surface area (Å²) in [4.78, 5) is 0.814. The highest BCUT2D eigenvalue weighted by atomic mass is 32.2. The molecule has 0 heterocycles. The van der Waals surface area contributed by atoms with Crippen LogP contribution >= 0.6 is 0 Å². The molecule has 0 aliphatic rings. The molecule has 1 rings (SSSR count). The Morgan fingerprint density at radius 1 is 1.27 bits per heavy atom. The topological polar surface area (TPSA) is 80.6 Å². The van der Waals surface area contributed by atoms with E-state index in [-0.39, 0.29) is 5.48 Å². The van der Waals surface area contributed by atoms with E-state index in [1.165, 1.54) is 0 Å². The molecule has 0 aliphatic carbocycles. The minimum Gasteiger partial charge on any atom is -0.612 e. The van der Waals surface area contributed by atoms with Crippen molar-refractivity contribution in [3.63, 3.8) is 0 Å². The molecule has 11 heavy (non-hydrogen) atoms. The SMILES string of the molecule is C[S+]([O-])c1ccc(N)cc1.O. The number of nitrogen functional groups attached to an aromatic ring is 1. The zero-order valence-corrected chi connectivity index (χ0v) is 7.02. The zero-order valence-electron chi connectivity index (χ0n) is 6.20. The van der Waals surface area contributed by atoms with Crippen molar-refractivity contribution >= 4 is 16.9 Å². The molecule has 0 radical (unpaired) electrons. The molecule has 0 saturated carbocycles. The molecule has 4 heteroatoms. The van der Waals surface area contributed by atoms with Gasteiger partial charge in [0.1, 0.15) is 6.26 Å². The van der Waals surface area contributed by atoms with Crippen LogP contribution in [0.2, 0.25) is 0 Å². The predicted octanol–water partition coefficient (Wildman–Crippen LogP) is 0.182. The third kappa shape index (κ3) is 2.80. The summed E-state index contributed by atoms with van der Waals surface area (Å²) in [5.74, 6) is 0. The van der Waals surface area contributed by atoms with Crippen LogP contribution in [0.3, 0.4) is 0 Å². The first-order valence-electron chi connectivity index (χ1n) is 2.89. The lowest BCUT2D eigenvalue weighted by molar-refractivity contribution is 0.601. The van der Waals surface area contributed by atoms with Gasteiger partial charge in [0.15, 0.2) is 4.90 Å². The van der Waals surface area contributed by atoms with Crippen LogP contribution < -0.4 is 5.73 Å². The van der Waals surface area contributed by atoms with Crippen LogP contribution in [0.4, 0.5) is 5.69 Å².